The van der Waals surface area contributed by atoms with E-state index in [-0.39, 0.29) is 11.2 Å². The maximum atomic E-state index is 12.4. The van der Waals surface area contributed by atoms with Crippen molar-refractivity contribution in [3.63, 3.8) is 0 Å². The fourth-order valence-electron chi connectivity index (χ4n) is 2.44. The Morgan fingerprint density at radius 2 is 1.81 bits per heavy atom. The lowest BCUT2D eigenvalue weighted by molar-refractivity contribution is -0.115. The standard InChI is InChI=1S/C20H19N3O3S/c1-13(27-20-23-22-19(26-20)14-7-8-14)18(24)21-15-9-11-17(12-10-15)25-16-5-3-2-4-6-16/h2-6,9-14H,7-8H2,1H3,(H,21,24)/t13-/m0/s1. The fourth-order valence-corrected chi connectivity index (χ4v) is 3.13. The van der Waals surface area contributed by atoms with Crippen molar-refractivity contribution in [1.82, 2.24) is 10.2 Å². The highest BCUT2D eigenvalue weighted by molar-refractivity contribution is 8.00. The first kappa shape index (κ1) is 17.6. The second-order valence-electron chi connectivity index (χ2n) is 6.37. The highest BCUT2D eigenvalue weighted by Crippen LogP contribution is 2.40. The second-order valence-corrected chi connectivity index (χ2v) is 7.66. The molecule has 1 atom stereocenters. The molecule has 4 rings (SSSR count). The lowest BCUT2D eigenvalue weighted by Crippen LogP contribution is -2.22. The molecular formula is C20H19N3O3S. The van der Waals surface area contributed by atoms with Crippen LogP contribution >= 0.6 is 11.8 Å². The largest absolute Gasteiger partial charge is 0.457 e. The van der Waals surface area contributed by atoms with E-state index >= 15 is 0 Å². The predicted octanol–water partition coefficient (Wildman–Crippen LogP) is 4.86. The van der Waals surface area contributed by atoms with E-state index in [9.17, 15) is 4.79 Å². The first-order chi connectivity index (χ1) is 13.2. The highest BCUT2D eigenvalue weighted by Gasteiger charge is 2.30. The number of amides is 1. The number of hydrogen-bond donors (Lipinski definition) is 1. The van der Waals surface area contributed by atoms with Crippen LogP contribution in [0.1, 0.15) is 31.6 Å². The Labute approximate surface area is 161 Å². The lowest BCUT2D eigenvalue weighted by atomic mass is 10.3. The third-order valence-electron chi connectivity index (χ3n) is 4.10. The first-order valence-electron chi connectivity index (χ1n) is 8.81. The average Bonchev–Trinajstić information content (AvgIpc) is 3.43. The lowest BCUT2D eigenvalue weighted by Gasteiger charge is -2.11. The van der Waals surface area contributed by atoms with E-state index in [2.05, 4.69) is 15.5 Å². The third kappa shape index (κ3) is 4.68. The third-order valence-corrected chi connectivity index (χ3v) is 5.03. The highest BCUT2D eigenvalue weighted by atomic mass is 32.2. The molecule has 0 aliphatic heterocycles. The summed E-state index contributed by atoms with van der Waals surface area (Å²) in [4.78, 5) is 12.4. The van der Waals surface area contributed by atoms with Crippen LogP contribution in [0, 0.1) is 0 Å². The summed E-state index contributed by atoms with van der Waals surface area (Å²) in [5.41, 5.74) is 0.706. The monoisotopic (exact) mass is 381 g/mol. The number of hydrogen-bond acceptors (Lipinski definition) is 6. The second kappa shape index (κ2) is 7.84. The summed E-state index contributed by atoms with van der Waals surface area (Å²) in [5, 5.41) is 11.0. The molecular weight excluding hydrogens is 362 g/mol. The van der Waals surface area contributed by atoms with Gasteiger partial charge in [-0.1, -0.05) is 30.0 Å². The normalized spacial score (nSPS) is 14.6. The Morgan fingerprint density at radius 3 is 2.52 bits per heavy atom. The smallest absolute Gasteiger partial charge is 0.277 e. The first-order valence-corrected chi connectivity index (χ1v) is 9.69. The van der Waals surface area contributed by atoms with Crippen molar-refractivity contribution in [3.8, 4) is 11.5 Å². The SMILES string of the molecule is C[C@H](Sc1nnc(C2CC2)o1)C(=O)Nc1ccc(Oc2ccccc2)cc1. The number of rotatable bonds is 7. The molecule has 0 unspecified atom stereocenters. The molecule has 1 amide bonds. The number of carbonyl (C=O) groups is 1. The zero-order valence-corrected chi connectivity index (χ0v) is 15.6. The van der Waals surface area contributed by atoms with Crippen molar-refractivity contribution in [2.24, 2.45) is 0 Å². The summed E-state index contributed by atoms with van der Waals surface area (Å²) in [6, 6.07) is 16.8. The summed E-state index contributed by atoms with van der Waals surface area (Å²) in [5.74, 6) is 2.44. The molecule has 3 aromatic rings. The van der Waals surface area contributed by atoms with Gasteiger partial charge in [-0.2, -0.15) is 0 Å². The number of aromatic nitrogens is 2. The van der Waals surface area contributed by atoms with Crippen LogP contribution in [0.15, 0.2) is 64.2 Å². The maximum Gasteiger partial charge on any atom is 0.277 e. The Hall–Kier alpha value is -2.80. The van der Waals surface area contributed by atoms with Crippen molar-refractivity contribution in [1.29, 1.82) is 0 Å². The van der Waals surface area contributed by atoms with Crippen LogP contribution in [0.4, 0.5) is 5.69 Å². The molecule has 1 N–H and O–H groups in total. The van der Waals surface area contributed by atoms with Gasteiger partial charge in [0.25, 0.3) is 5.22 Å². The molecule has 7 heteroatoms. The number of nitrogens with one attached hydrogen (secondary N) is 1. The van der Waals surface area contributed by atoms with E-state index < -0.39 is 0 Å². The van der Waals surface area contributed by atoms with Gasteiger partial charge in [-0.05, 0) is 56.2 Å². The van der Waals surface area contributed by atoms with Crippen LogP contribution in [0.5, 0.6) is 11.5 Å². The number of carbonyl (C=O) groups excluding carboxylic acids is 1. The van der Waals surface area contributed by atoms with Crippen LogP contribution in [-0.4, -0.2) is 21.4 Å². The zero-order valence-electron chi connectivity index (χ0n) is 14.8. The Bertz CT molecular complexity index is 908. The van der Waals surface area contributed by atoms with Crippen LogP contribution in [0.3, 0.4) is 0 Å². The van der Waals surface area contributed by atoms with Crippen LogP contribution in [-0.2, 0) is 4.79 Å². The van der Waals surface area contributed by atoms with E-state index in [4.69, 9.17) is 9.15 Å². The molecule has 138 valence electrons. The Kier molecular flexibility index (Phi) is 5.11. The number of anilines is 1. The van der Waals surface area contributed by atoms with Crippen molar-refractivity contribution < 1.29 is 13.9 Å². The molecule has 1 saturated carbocycles. The van der Waals surface area contributed by atoms with Crippen molar-refractivity contribution in [2.75, 3.05) is 5.32 Å². The molecule has 6 nitrogen and oxygen atoms in total. The molecule has 0 spiro atoms. The average molecular weight is 381 g/mol. The van der Waals surface area contributed by atoms with Gasteiger partial charge in [-0.3, -0.25) is 4.79 Å². The molecule has 1 aliphatic rings. The summed E-state index contributed by atoms with van der Waals surface area (Å²) in [6.45, 7) is 1.81. The van der Waals surface area contributed by atoms with E-state index in [1.54, 1.807) is 0 Å². The summed E-state index contributed by atoms with van der Waals surface area (Å²) >= 11 is 1.26. The van der Waals surface area contributed by atoms with Gasteiger partial charge in [0.2, 0.25) is 11.8 Å². The van der Waals surface area contributed by atoms with E-state index in [0.29, 0.717) is 28.5 Å². The summed E-state index contributed by atoms with van der Waals surface area (Å²) in [7, 11) is 0. The number of ether oxygens (including phenoxy) is 1. The van der Waals surface area contributed by atoms with Gasteiger partial charge in [0, 0.05) is 11.6 Å². The van der Waals surface area contributed by atoms with E-state index in [0.717, 1.165) is 18.6 Å². The van der Waals surface area contributed by atoms with Gasteiger partial charge < -0.3 is 14.5 Å². The minimum atomic E-state index is -0.349. The number of para-hydroxylation sites is 1. The number of benzene rings is 2. The molecule has 0 saturated heterocycles. The number of thioether (sulfide) groups is 1. The minimum Gasteiger partial charge on any atom is -0.457 e. The predicted molar refractivity (Wildman–Crippen MR) is 103 cm³/mol. The van der Waals surface area contributed by atoms with Crippen molar-refractivity contribution in [2.45, 2.75) is 36.2 Å². The zero-order chi connectivity index (χ0) is 18.6. The molecule has 2 aromatic carbocycles. The van der Waals surface area contributed by atoms with Crippen molar-refractivity contribution >= 4 is 23.4 Å². The Morgan fingerprint density at radius 1 is 1.11 bits per heavy atom. The number of nitrogens with zero attached hydrogens (tertiary/aromatic N) is 2. The molecule has 1 fully saturated rings. The van der Waals surface area contributed by atoms with E-state index in [1.165, 1.54) is 11.8 Å². The maximum absolute atomic E-state index is 12.4. The molecule has 27 heavy (non-hydrogen) atoms. The molecule has 0 radical (unpaired) electrons. The summed E-state index contributed by atoms with van der Waals surface area (Å²) in [6.07, 6.45) is 2.21. The summed E-state index contributed by atoms with van der Waals surface area (Å²) < 4.78 is 11.3. The van der Waals surface area contributed by atoms with Gasteiger partial charge in [0.05, 0.1) is 5.25 Å². The van der Waals surface area contributed by atoms with Crippen LogP contribution in [0.25, 0.3) is 0 Å². The van der Waals surface area contributed by atoms with Gasteiger partial charge in [0.15, 0.2) is 0 Å². The fraction of sp³-hybridized carbons (Fsp3) is 0.250. The van der Waals surface area contributed by atoms with Gasteiger partial charge >= 0.3 is 0 Å². The topological polar surface area (TPSA) is 77.2 Å². The molecule has 0 bridgehead atoms. The van der Waals surface area contributed by atoms with Crippen LogP contribution < -0.4 is 10.1 Å². The minimum absolute atomic E-state index is 0.122. The quantitative estimate of drug-likeness (QED) is 0.589. The molecule has 1 aromatic heterocycles. The Balaban J connectivity index is 1.31. The van der Waals surface area contributed by atoms with Gasteiger partial charge in [0.1, 0.15) is 11.5 Å². The van der Waals surface area contributed by atoms with E-state index in [1.807, 2.05) is 61.5 Å². The van der Waals surface area contributed by atoms with Gasteiger partial charge in [-0.15, -0.1) is 10.2 Å². The van der Waals surface area contributed by atoms with Gasteiger partial charge in [-0.25, -0.2) is 0 Å². The molecule has 1 aliphatic carbocycles. The van der Waals surface area contributed by atoms with Crippen LogP contribution in [0.2, 0.25) is 0 Å². The van der Waals surface area contributed by atoms with Crippen molar-refractivity contribution in [3.05, 3.63) is 60.5 Å². The molecule has 1 heterocycles.